The largest absolute Gasteiger partial charge is 0.489 e. The highest BCUT2D eigenvalue weighted by Gasteiger charge is 2.19. The fourth-order valence-electron chi connectivity index (χ4n) is 3.24. The van der Waals surface area contributed by atoms with E-state index in [2.05, 4.69) is 0 Å². The Bertz CT molecular complexity index is 953. The first kappa shape index (κ1) is 23.6. The van der Waals surface area contributed by atoms with E-state index in [9.17, 15) is 5.11 Å². The first-order valence-electron chi connectivity index (χ1n) is 10.2. The van der Waals surface area contributed by atoms with Gasteiger partial charge < -0.3 is 20.7 Å². The number of ether oxygens (including phenoxy) is 1. The first-order chi connectivity index (χ1) is 15.0. The van der Waals surface area contributed by atoms with Gasteiger partial charge in [-0.05, 0) is 59.9 Å². The van der Waals surface area contributed by atoms with E-state index in [4.69, 9.17) is 27.2 Å². The summed E-state index contributed by atoms with van der Waals surface area (Å²) in [7, 11) is 0. The normalized spacial score (nSPS) is 14.1. The number of benzene rings is 3. The third-order valence-corrected chi connectivity index (χ3v) is 6.44. The molecule has 3 aromatic carbocycles. The number of halogens is 1. The maximum Gasteiger partial charge on any atom is 0.119 e. The molecule has 31 heavy (non-hydrogen) atoms. The highest BCUT2D eigenvalue weighted by atomic mass is 35.5. The van der Waals surface area contributed by atoms with Crippen LogP contribution < -0.4 is 10.5 Å². The SMILES string of the molecule is CC(CC(O)C(N)CO)c1ccc(Sc2ccc(OCc3ccccc3)cc2)cc1Cl. The zero-order valence-corrected chi connectivity index (χ0v) is 19.0. The minimum Gasteiger partial charge on any atom is -0.489 e. The average Bonchev–Trinajstić information content (AvgIpc) is 2.78. The van der Waals surface area contributed by atoms with E-state index in [1.54, 1.807) is 11.8 Å². The van der Waals surface area contributed by atoms with Gasteiger partial charge in [0.15, 0.2) is 0 Å². The number of rotatable bonds is 10. The van der Waals surface area contributed by atoms with Gasteiger partial charge in [-0.3, -0.25) is 0 Å². The van der Waals surface area contributed by atoms with Crippen LogP contribution in [0.5, 0.6) is 5.75 Å². The molecule has 3 rings (SSSR count). The molecule has 3 unspecified atom stereocenters. The quantitative estimate of drug-likeness (QED) is 0.388. The van der Waals surface area contributed by atoms with Crippen molar-refractivity contribution < 1.29 is 14.9 Å². The second-order valence-corrected chi connectivity index (χ2v) is 9.14. The van der Waals surface area contributed by atoms with Crippen molar-refractivity contribution in [3.05, 3.63) is 88.9 Å². The monoisotopic (exact) mass is 457 g/mol. The summed E-state index contributed by atoms with van der Waals surface area (Å²) in [5, 5.41) is 19.8. The molecular weight excluding hydrogens is 430 g/mol. The molecule has 4 N–H and O–H groups in total. The van der Waals surface area contributed by atoms with Gasteiger partial charge in [0.1, 0.15) is 12.4 Å². The summed E-state index contributed by atoms with van der Waals surface area (Å²) in [6, 6.07) is 23.4. The Morgan fingerprint density at radius 1 is 1.00 bits per heavy atom. The van der Waals surface area contributed by atoms with Crippen molar-refractivity contribution in [2.24, 2.45) is 5.73 Å². The van der Waals surface area contributed by atoms with Crippen LogP contribution in [0.1, 0.15) is 30.4 Å². The van der Waals surface area contributed by atoms with Gasteiger partial charge in [0.05, 0.1) is 18.8 Å². The highest BCUT2D eigenvalue weighted by Crippen LogP contribution is 2.35. The van der Waals surface area contributed by atoms with Crippen LogP contribution in [0.15, 0.2) is 82.6 Å². The molecule has 4 nitrogen and oxygen atoms in total. The van der Waals surface area contributed by atoms with Crippen LogP contribution >= 0.6 is 23.4 Å². The Hall–Kier alpha value is -2.02. The van der Waals surface area contributed by atoms with E-state index in [0.29, 0.717) is 18.1 Å². The van der Waals surface area contributed by atoms with Gasteiger partial charge in [0.2, 0.25) is 0 Å². The van der Waals surface area contributed by atoms with Crippen molar-refractivity contribution in [3.63, 3.8) is 0 Å². The van der Waals surface area contributed by atoms with Crippen molar-refractivity contribution >= 4 is 23.4 Å². The summed E-state index contributed by atoms with van der Waals surface area (Å²) in [5.41, 5.74) is 7.80. The van der Waals surface area contributed by atoms with Crippen LogP contribution in [0.3, 0.4) is 0 Å². The van der Waals surface area contributed by atoms with Gasteiger partial charge in [-0.1, -0.05) is 66.7 Å². The lowest BCUT2D eigenvalue weighted by Crippen LogP contribution is -2.38. The molecule has 0 heterocycles. The van der Waals surface area contributed by atoms with Crippen LogP contribution in [0.25, 0.3) is 0 Å². The lowest BCUT2D eigenvalue weighted by Gasteiger charge is -2.21. The molecule has 3 atom stereocenters. The van der Waals surface area contributed by atoms with Crippen molar-refractivity contribution in [2.75, 3.05) is 6.61 Å². The molecule has 0 saturated heterocycles. The Kier molecular flexibility index (Phi) is 8.81. The molecule has 0 aliphatic heterocycles. The third kappa shape index (κ3) is 6.99. The number of hydrogen-bond acceptors (Lipinski definition) is 5. The predicted octanol–water partition coefficient (Wildman–Crippen LogP) is 5.24. The molecule has 0 bridgehead atoms. The summed E-state index contributed by atoms with van der Waals surface area (Å²) < 4.78 is 5.84. The number of aliphatic hydroxyl groups is 2. The molecule has 0 amide bonds. The lowest BCUT2D eigenvalue weighted by atomic mass is 9.92. The maximum absolute atomic E-state index is 10.1. The van der Waals surface area contributed by atoms with Crippen molar-refractivity contribution in [2.45, 2.75) is 47.8 Å². The van der Waals surface area contributed by atoms with Crippen LogP contribution in [0, 0.1) is 0 Å². The average molecular weight is 458 g/mol. The fraction of sp³-hybridized carbons (Fsp3) is 0.280. The minimum atomic E-state index is -0.771. The number of hydrogen-bond donors (Lipinski definition) is 3. The summed E-state index contributed by atoms with van der Waals surface area (Å²) in [4.78, 5) is 2.12. The molecule has 0 aliphatic carbocycles. The molecule has 164 valence electrons. The van der Waals surface area contributed by atoms with Crippen LogP contribution in [0.2, 0.25) is 5.02 Å². The maximum atomic E-state index is 10.1. The van der Waals surface area contributed by atoms with Crippen molar-refractivity contribution in [1.29, 1.82) is 0 Å². The van der Waals surface area contributed by atoms with Crippen molar-refractivity contribution in [3.8, 4) is 5.75 Å². The summed E-state index contributed by atoms with van der Waals surface area (Å²) in [5.74, 6) is 0.857. The topological polar surface area (TPSA) is 75.7 Å². The molecule has 0 saturated carbocycles. The Morgan fingerprint density at radius 3 is 2.32 bits per heavy atom. The van der Waals surface area contributed by atoms with E-state index in [0.717, 1.165) is 26.7 Å². The van der Waals surface area contributed by atoms with Gasteiger partial charge in [0, 0.05) is 14.8 Å². The zero-order valence-electron chi connectivity index (χ0n) is 17.4. The highest BCUT2D eigenvalue weighted by molar-refractivity contribution is 7.99. The Labute approximate surface area is 193 Å². The molecule has 0 fully saturated rings. The van der Waals surface area contributed by atoms with E-state index >= 15 is 0 Å². The minimum absolute atomic E-state index is 0.0280. The molecule has 0 radical (unpaired) electrons. The van der Waals surface area contributed by atoms with E-state index in [1.165, 1.54) is 0 Å². The van der Waals surface area contributed by atoms with Gasteiger partial charge in [-0.15, -0.1) is 0 Å². The van der Waals surface area contributed by atoms with Gasteiger partial charge in [-0.2, -0.15) is 0 Å². The second kappa shape index (κ2) is 11.6. The van der Waals surface area contributed by atoms with E-state index in [-0.39, 0.29) is 12.5 Å². The molecular formula is C25H28ClNO3S. The Balaban J connectivity index is 1.58. The number of nitrogens with two attached hydrogens (primary N) is 1. The molecule has 0 aromatic heterocycles. The standard InChI is InChI=1S/C25H28ClNO3S/c1-17(13-25(29)24(27)15-28)22-12-11-21(14-23(22)26)31-20-9-7-19(8-10-20)30-16-18-5-3-2-4-6-18/h2-12,14,17,24-25,28-29H,13,15-16,27H2,1H3. The van der Waals surface area contributed by atoms with Crippen LogP contribution in [-0.2, 0) is 6.61 Å². The molecule has 0 spiro atoms. The number of aliphatic hydroxyl groups excluding tert-OH is 2. The van der Waals surface area contributed by atoms with Gasteiger partial charge in [0.25, 0.3) is 0 Å². The summed E-state index contributed by atoms with van der Waals surface area (Å²) in [6.07, 6.45) is -0.328. The van der Waals surface area contributed by atoms with Gasteiger partial charge >= 0.3 is 0 Å². The first-order valence-corrected chi connectivity index (χ1v) is 11.4. The predicted molar refractivity (Wildman–Crippen MR) is 127 cm³/mol. The van der Waals surface area contributed by atoms with Crippen LogP contribution in [0.4, 0.5) is 0 Å². The molecule has 3 aromatic rings. The third-order valence-electron chi connectivity index (χ3n) is 5.11. The van der Waals surface area contributed by atoms with Crippen LogP contribution in [-0.4, -0.2) is 29.0 Å². The summed E-state index contributed by atoms with van der Waals surface area (Å²) in [6.45, 7) is 2.29. The Morgan fingerprint density at radius 2 is 1.68 bits per heavy atom. The van der Waals surface area contributed by atoms with Crippen molar-refractivity contribution in [1.82, 2.24) is 0 Å². The molecule has 6 heteroatoms. The van der Waals surface area contributed by atoms with Gasteiger partial charge in [-0.25, -0.2) is 0 Å². The fourth-order valence-corrected chi connectivity index (χ4v) is 4.53. The zero-order chi connectivity index (χ0) is 22.2. The second-order valence-electron chi connectivity index (χ2n) is 7.58. The smallest absolute Gasteiger partial charge is 0.119 e. The molecule has 0 aliphatic rings. The van der Waals surface area contributed by atoms with E-state index in [1.807, 2.05) is 79.7 Å². The van der Waals surface area contributed by atoms with E-state index < -0.39 is 12.1 Å². The summed E-state index contributed by atoms with van der Waals surface area (Å²) >= 11 is 8.14. The lowest BCUT2D eigenvalue weighted by molar-refractivity contribution is 0.0965.